The molecule has 0 radical (unpaired) electrons. The number of hydrogen-bond acceptors (Lipinski definition) is 4. The number of rotatable bonds is 2. The van der Waals surface area contributed by atoms with Gasteiger partial charge in [0.2, 0.25) is 0 Å². The second kappa shape index (κ2) is 5.99. The number of aromatic hydroxyl groups is 1. The quantitative estimate of drug-likeness (QED) is 0.511. The number of aromatic carboxylic acids is 1. The van der Waals surface area contributed by atoms with Gasteiger partial charge in [-0.05, 0) is 48.7 Å². The molecule has 2 aromatic rings. The fourth-order valence-electron chi connectivity index (χ4n) is 3.35. The zero-order valence-electron chi connectivity index (χ0n) is 14.7. The monoisotopic (exact) mass is 360 g/mol. The minimum atomic E-state index is -1.04. The van der Waals surface area contributed by atoms with Gasteiger partial charge in [-0.1, -0.05) is 18.2 Å². The average Bonchev–Trinajstić information content (AvgIpc) is 2.63. The van der Waals surface area contributed by atoms with E-state index in [-0.39, 0.29) is 16.7 Å². The highest BCUT2D eigenvalue weighted by atomic mass is 16.4. The number of benzene rings is 3. The lowest BCUT2D eigenvalue weighted by atomic mass is 9.89. The average molecular weight is 360 g/mol. The molecule has 4 rings (SSSR count). The third-order valence-electron chi connectivity index (χ3n) is 4.76. The lowest BCUT2D eigenvalue weighted by molar-refractivity contribution is 0.0697. The summed E-state index contributed by atoms with van der Waals surface area (Å²) >= 11 is 0. The molecular weight excluding hydrogens is 344 g/mol. The molecule has 0 amide bonds. The maximum atomic E-state index is 12.1. The Labute approximate surface area is 154 Å². The van der Waals surface area contributed by atoms with Gasteiger partial charge in [0.15, 0.2) is 5.43 Å². The van der Waals surface area contributed by atoms with Crippen molar-refractivity contribution in [3.8, 4) is 28.2 Å². The molecule has 2 aliphatic rings. The van der Waals surface area contributed by atoms with Crippen LogP contribution in [0.3, 0.4) is 0 Å². The van der Waals surface area contributed by atoms with Gasteiger partial charge < -0.3 is 14.6 Å². The van der Waals surface area contributed by atoms with E-state index in [2.05, 4.69) is 0 Å². The SMILES string of the molecule is Cc1cc2c(-c3ccccc3C(=O)O)c3cc(C)c(=O)cc-3oc2cc1O. The zero-order chi connectivity index (χ0) is 19.3. The normalized spacial score (nSPS) is 11.2. The molecule has 1 heterocycles. The van der Waals surface area contributed by atoms with Crippen LogP contribution in [0.25, 0.3) is 33.4 Å². The first-order valence-corrected chi connectivity index (χ1v) is 8.40. The van der Waals surface area contributed by atoms with E-state index >= 15 is 0 Å². The number of carboxylic acid groups (broad SMARTS) is 1. The van der Waals surface area contributed by atoms with Crippen molar-refractivity contribution in [3.05, 3.63) is 75.4 Å². The van der Waals surface area contributed by atoms with Crippen LogP contribution in [0.4, 0.5) is 0 Å². The van der Waals surface area contributed by atoms with E-state index in [4.69, 9.17) is 4.42 Å². The number of phenolic OH excluding ortho intramolecular Hbond substituents is 1. The molecule has 0 bridgehead atoms. The summed E-state index contributed by atoms with van der Waals surface area (Å²) in [4.78, 5) is 23.9. The molecule has 134 valence electrons. The van der Waals surface area contributed by atoms with E-state index in [9.17, 15) is 19.8 Å². The molecular formula is C22H16O5. The second-order valence-electron chi connectivity index (χ2n) is 6.58. The first-order chi connectivity index (χ1) is 12.9. The van der Waals surface area contributed by atoms with Crippen molar-refractivity contribution < 1.29 is 19.4 Å². The minimum absolute atomic E-state index is 0.0672. The van der Waals surface area contributed by atoms with E-state index in [0.717, 1.165) is 0 Å². The fraction of sp³-hybridized carbons (Fsp3) is 0.0909. The molecule has 0 aromatic heterocycles. The highest BCUT2D eigenvalue weighted by molar-refractivity contribution is 6.07. The number of fused-ring (bicyclic) bond motifs is 2. The predicted octanol–water partition coefficient (Wildman–Crippen LogP) is 4.59. The lowest BCUT2D eigenvalue weighted by Crippen LogP contribution is -2.06. The van der Waals surface area contributed by atoms with E-state index < -0.39 is 5.97 Å². The Bertz CT molecular complexity index is 1250. The van der Waals surface area contributed by atoms with Crippen LogP contribution in [0, 0.1) is 13.8 Å². The highest BCUT2D eigenvalue weighted by Gasteiger charge is 2.22. The number of carbonyl (C=O) groups is 1. The Morgan fingerprint density at radius 2 is 1.70 bits per heavy atom. The maximum Gasteiger partial charge on any atom is 0.336 e. The Balaban J connectivity index is 2.27. The summed E-state index contributed by atoms with van der Waals surface area (Å²) in [6, 6.07) is 13.1. The maximum absolute atomic E-state index is 12.1. The third-order valence-corrected chi connectivity index (χ3v) is 4.76. The standard InChI is InChI=1S/C22H16O5/c1-11-7-15-19(9-17(11)23)27-20-10-18(24)12(2)8-16(20)21(15)13-5-3-4-6-14(13)22(25)26/h3-10,23H,1-2H3,(H,25,26). The lowest BCUT2D eigenvalue weighted by Gasteiger charge is -2.17. The van der Waals surface area contributed by atoms with E-state index in [1.54, 1.807) is 50.2 Å². The van der Waals surface area contributed by atoms with Gasteiger partial charge in [-0.2, -0.15) is 0 Å². The van der Waals surface area contributed by atoms with Crippen LogP contribution in [0.15, 0.2) is 57.7 Å². The van der Waals surface area contributed by atoms with Crippen LogP contribution < -0.4 is 5.43 Å². The zero-order valence-corrected chi connectivity index (χ0v) is 14.7. The summed E-state index contributed by atoms with van der Waals surface area (Å²) < 4.78 is 5.87. The molecule has 5 heteroatoms. The largest absolute Gasteiger partial charge is 0.508 e. The Kier molecular flexibility index (Phi) is 3.73. The van der Waals surface area contributed by atoms with Crippen LogP contribution in [0.1, 0.15) is 21.5 Å². The topological polar surface area (TPSA) is 87.7 Å². The van der Waals surface area contributed by atoms with Gasteiger partial charge in [-0.25, -0.2) is 4.79 Å². The highest BCUT2D eigenvalue weighted by Crippen LogP contribution is 2.42. The Morgan fingerprint density at radius 3 is 2.44 bits per heavy atom. The number of hydrogen-bond donors (Lipinski definition) is 2. The van der Waals surface area contributed by atoms with Crippen LogP contribution >= 0.6 is 0 Å². The molecule has 27 heavy (non-hydrogen) atoms. The Morgan fingerprint density at radius 1 is 0.963 bits per heavy atom. The smallest absolute Gasteiger partial charge is 0.336 e. The van der Waals surface area contributed by atoms with Gasteiger partial charge in [0, 0.05) is 28.6 Å². The summed E-state index contributed by atoms with van der Waals surface area (Å²) in [7, 11) is 0. The molecule has 1 aliphatic carbocycles. The van der Waals surface area contributed by atoms with Gasteiger partial charge in [0.1, 0.15) is 17.1 Å². The van der Waals surface area contributed by atoms with Gasteiger partial charge in [-0.3, -0.25) is 4.79 Å². The van der Waals surface area contributed by atoms with Gasteiger partial charge in [0.05, 0.1) is 5.56 Å². The molecule has 2 N–H and O–H groups in total. The van der Waals surface area contributed by atoms with Crippen molar-refractivity contribution in [1.82, 2.24) is 0 Å². The molecule has 1 aliphatic heterocycles. The fourth-order valence-corrected chi connectivity index (χ4v) is 3.35. The molecule has 0 unspecified atom stereocenters. The van der Waals surface area contributed by atoms with Crippen molar-refractivity contribution in [3.63, 3.8) is 0 Å². The number of carboxylic acids is 1. The predicted molar refractivity (Wildman–Crippen MR) is 103 cm³/mol. The summed E-state index contributed by atoms with van der Waals surface area (Å²) in [6.45, 7) is 3.47. The third kappa shape index (κ3) is 2.64. The van der Waals surface area contributed by atoms with Crippen LogP contribution in [0.2, 0.25) is 0 Å². The van der Waals surface area contributed by atoms with Gasteiger partial charge in [0.25, 0.3) is 0 Å². The summed E-state index contributed by atoms with van der Waals surface area (Å²) in [6.07, 6.45) is 0. The first kappa shape index (κ1) is 16.8. The molecule has 0 saturated heterocycles. The van der Waals surface area contributed by atoms with Crippen molar-refractivity contribution in [2.75, 3.05) is 0 Å². The van der Waals surface area contributed by atoms with Gasteiger partial charge in [-0.15, -0.1) is 0 Å². The summed E-state index contributed by atoms with van der Waals surface area (Å²) in [5.74, 6) is -0.630. The van der Waals surface area contributed by atoms with Crippen molar-refractivity contribution in [2.45, 2.75) is 13.8 Å². The van der Waals surface area contributed by atoms with Crippen LogP contribution in [0.5, 0.6) is 5.75 Å². The second-order valence-corrected chi connectivity index (χ2v) is 6.58. The molecule has 0 atom stereocenters. The Hall–Kier alpha value is -3.60. The molecule has 0 fully saturated rings. The molecule has 0 spiro atoms. The van der Waals surface area contributed by atoms with Crippen molar-refractivity contribution >= 4 is 16.9 Å². The van der Waals surface area contributed by atoms with Crippen LogP contribution in [-0.2, 0) is 0 Å². The number of aryl methyl sites for hydroxylation is 2. The van der Waals surface area contributed by atoms with Crippen molar-refractivity contribution in [2.24, 2.45) is 0 Å². The molecule has 0 saturated carbocycles. The van der Waals surface area contributed by atoms with Crippen molar-refractivity contribution in [1.29, 1.82) is 0 Å². The van der Waals surface area contributed by atoms with Gasteiger partial charge >= 0.3 is 5.97 Å². The molecule has 2 aromatic carbocycles. The number of phenols is 1. The summed E-state index contributed by atoms with van der Waals surface area (Å²) in [5.41, 5.74) is 3.39. The van der Waals surface area contributed by atoms with E-state index in [0.29, 0.717) is 44.5 Å². The minimum Gasteiger partial charge on any atom is -0.508 e. The van der Waals surface area contributed by atoms with E-state index in [1.165, 1.54) is 12.1 Å². The summed E-state index contributed by atoms with van der Waals surface area (Å²) in [5, 5.41) is 20.4. The first-order valence-electron chi connectivity index (χ1n) is 8.40. The van der Waals surface area contributed by atoms with Crippen LogP contribution in [-0.4, -0.2) is 16.2 Å². The molecule has 5 nitrogen and oxygen atoms in total. The van der Waals surface area contributed by atoms with E-state index in [1.807, 2.05) is 0 Å².